The topological polar surface area (TPSA) is 52.3 Å². The molecule has 1 heterocycles. The summed E-state index contributed by atoms with van der Waals surface area (Å²) in [4.78, 5) is 0. The molecule has 6 heteroatoms. The lowest BCUT2D eigenvalue weighted by Crippen LogP contribution is -1.97. The number of hydrogen-bond acceptors (Lipinski definition) is 4. The van der Waals surface area contributed by atoms with Gasteiger partial charge in [0.05, 0.1) is 6.21 Å². The number of ether oxygens (including phenoxy) is 1. The smallest absolute Gasteiger partial charge is 0.141 e. The maximum Gasteiger partial charge on any atom is 0.141 e. The number of halogens is 1. The molecule has 0 aliphatic rings. The van der Waals surface area contributed by atoms with Crippen LogP contribution in [0.5, 0.6) is 5.75 Å². The molecule has 0 amide bonds. The largest absolute Gasteiger partial charge is 0.489 e. The van der Waals surface area contributed by atoms with Crippen LogP contribution in [0, 0.1) is 0 Å². The van der Waals surface area contributed by atoms with Crippen LogP contribution in [-0.4, -0.2) is 27.7 Å². The Balaban J connectivity index is 2.24. The van der Waals surface area contributed by atoms with Gasteiger partial charge in [-0.1, -0.05) is 28.6 Å². The van der Waals surface area contributed by atoms with Gasteiger partial charge in [0.15, 0.2) is 0 Å². The molecule has 0 spiro atoms. The molecular formula is C12H11BrN4O. The average molecular weight is 307 g/mol. The molecule has 0 aliphatic carbocycles. The zero-order valence-electron chi connectivity index (χ0n) is 9.53. The first-order valence-electron chi connectivity index (χ1n) is 5.22. The van der Waals surface area contributed by atoms with Crippen molar-refractivity contribution in [3.63, 3.8) is 0 Å². The molecule has 0 N–H and O–H groups in total. The van der Waals surface area contributed by atoms with Crippen molar-refractivity contribution in [2.75, 3.05) is 6.61 Å². The minimum absolute atomic E-state index is 0.453. The van der Waals surface area contributed by atoms with Crippen LogP contribution in [-0.2, 0) is 0 Å². The number of rotatable bonds is 5. The standard InChI is InChI=1S/C12H11BrN4O/c1-2-5-18-12-4-3-11(13)6-10(12)7-16-17-8-14-15-9-17/h2-4,6-9H,1,5H2/b16-7-. The quantitative estimate of drug-likeness (QED) is 0.630. The van der Waals surface area contributed by atoms with E-state index in [1.165, 1.54) is 17.3 Å². The zero-order valence-corrected chi connectivity index (χ0v) is 11.1. The van der Waals surface area contributed by atoms with Gasteiger partial charge in [-0.2, -0.15) is 5.10 Å². The summed E-state index contributed by atoms with van der Waals surface area (Å²) in [5.41, 5.74) is 0.861. The van der Waals surface area contributed by atoms with E-state index in [2.05, 4.69) is 37.8 Å². The van der Waals surface area contributed by atoms with E-state index in [1.54, 1.807) is 12.3 Å². The zero-order chi connectivity index (χ0) is 12.8. The Labute approximate surface area is 113 Å². The molecule has 0 saturated carbocycles. The molecule has 2 aromatic rings. The predicted octanol–water partition coefficient (Wildman–Crippen LogP) is 2.49. The van der Waals surface area contributed by atoms with Gasteiger partial charge < -0.3 is 4.74 Å². The van der Waals surface area contributed by atoms with E-state index in [-0.39, 0.29) is 0 Å². The highest BCUT2D eigenvalue weighted by atomic mass is 79.9. The minimum Gasteiger partial charge on any atom is -0.489 e. The fraction of sp³-hybridized carbons (Fsp3) is 0.0833. The third-order valence-electron chi connectivity index (χ3n) is 2.07. The number of nitrogens with zero attached hydrogens (tertiary/aromatic N) is 4. The molecule has 0 atom stereocenters. The SMILES string of the molecule is C=CCOc1ccc(Br)cc1/C=N\n1cnnc1. The molecule has 5 nitrogen and oxygen atoms in total. The molecule has 0 saturated heterocycles. The van der Waals surface area contributed by atoms with Crippen molar-refractivity contribution in [2.45, 2.75) is 0 Å². The molecule has 0 aliphatic heterocycles. The van der Waals surface area contributed by atoms with E-state index >= 15 is 0 Å². The average Bonchev–Trinajstić information content (AvgIpc) is 2.88. The fourth-order valence-electron chi connectivity index (χ4n) is 1.28. The second kappa shape index (κ2) is 6.11. The molecule has 92 valence electrons. The molecule has 1 aromatic carbocycles. The molecule has 0 fully saturated rings. The van der Waals surface area contributed by atoms with Crippen LogP contribution in [0.1, 0.15) is 5.56 Å². The summed E-state index contributed by atoms with van der Waals surface area (Å²) in [7, 11) is 0. The number of hydrogen-bond donors (Lipinski definition) is 0. The lowest BCUT2D eigenvalue weighted by molar-refractivity contribution is 0.362. The molecule has 0 unspecified atom stereocenters. The van der Waals surface area contributed by atoms with Gasteiger partial charge in [0.2, 0.25) is 0 Å². The summed E-state index contributed by atoms with van der Waals surface area (Å²) in [5, 5.41) is 11.5. The van der Waals surface area contributed by atoms with E-state index in [4.69, 9.17) is 4.74 Å². The van der Waals surface area contributed by atoms with Crippen LogP contribution in [0.15, 0.2) is 53.1 Å². The first-order chi connectivity index (χ1) is 8.79. The molecule has 18 heavy (non-hydrogen) atoms. The first-order valence-corrected chi connectivity index (χ1v) is 6.01. The van der Waals surface area contributed by atoms with Crippen LogP contribution >= 0.6 is 15.9 Å². The Hall–Kier alpha value is -1.95. The Bertz CT molecular complexity index is 551. The third kappa shape index (κ3) is 3.27. The van der Waals surface area contributed by atoms with Crippen LogP contribution in [0.4, 0.5) is 0 Å². The van der Waals surface area contributed by atoms with Gasteiger partial charge in [0, 0.05) is 10.0 Å². The Morgan fingerprint density at radius 2 is 2.17 bits per heavy atom. The highest BCUT2D eigenvalue weighted by Crippen LogP contribution is 2.21. The third-order valence-corrected chi connectivity index (χ3v) is 2.56. The monoisotopic (exact) mass is 306 g/mol. The fourth-order valence-corrected chi connectivity index (χ4v) is 1.66. The summed E-state index contributed by atoms with van der Waals surface area (Å²) in [6.07, 6.45) is 6.41. The minimum atomic E-state index is 0.453. The second-order valence-corrected chi connectivity index (χ2v) is 4.28. The second-order valence-electron chi connectivity index (χ2n) is 3.37. The number of benzene rings is 1. The number of aromatic nitrogens is 3. The summed E-state index contributed by atoms with van der Waals surface area (Å²) in [6, 6.07) is 5.71. The molecular weight excluding hydrogens is 296 g/mol. The van der Waals surface area contributed by atoms with E-state index < -0.39 is 0 Å². The van der Waals surface area contributed by atoms with Crippen LogP contribution in [0.3, 0.4) is 0 Å². The van der Waals surface area contributed by atoms with Crippen molar-refractivity contribution in [1.29, 1.82) is 0 Å². The normalized spacial score (nSPS) is 10.7. The van der Waals surface area contributed by atoms with Gasteiger partial charge in [-0.3, -0.25) is 0 Å². The van der Waals surface area contributed by atoms with Gasteiger partial charge in [0.1, 0.15) is 25.0 Å². The van der Waals surface area contributed by atoms with Crippen molar-refractivity contribution in [1.82, 2.24) is 14.9 Å². The first kappa shape index (κ1) is 12.5. The van der Waals surface area contributed by atoms with Crippen LogP contribution in [0.25, 0.3) is 0 Å². The van der Waals surface area contributed by atoms with Crippen molar-refractivity contribution >= 4 is 22.1 Å². The van der Waals surface area contributed by atoms with Crippen molar-refractivity contribution in [2.24, 2.45) is 5.10 Å². The lowest BCUT2D eigenvalue weighted by atomic mass is 10.2. The van der Waals surface area contributed by atoms with Gasteiger partial charge >= 0.3 is 0 Å². The molecule has 0 radical (unpaired) electrons. The van der Waals surface area contributed by atoms with Gasteiger partial charge in [-0.25, -0.2) is 4.68 Å². The van der Waals surface area contributed by atoms with Crippen molar-refractivity contribution < 1.29 is 4.74 Å². The van der Waals surface area contributed by atoms with Gasteiger partial charge in [-0.15, -0.1) is 10.2 Å². The summed E-state index contributed by atoms with van der Waals surface area (Å²) >= 11 is 3.41. The Morgan fingerprint density at radius 3 is 2.89 bits per heavy atom. The van der Waals surface area contributed by atoms with Crippen molar-refractivity contribution in [3.05, 3.63) is 53.5 Å². The predicted molar refractivity (Wildman–Crippen MR) is 72.8 cm³/mol. The highest BCUT2D eigenvalue weighted by Gasteiger charge is 2.02. The van der Waals surface area contributed by atoms with Crippen molar-refractivity contribution in [3.8, 4) is 5.75 Å². The van der Waals surface area contributed by atoms with E-state index in [0.717, 1.165) is 15.8 Å². The summed E-state index contributed by atoms with van der Waals surface area (Å²) < 4.78 is 8.01. The summed E-state index contributed by atoms with van der Waals surface area (Å²) in [6.45, 7) is 4.07. The maximum atomic E-state index is 5.54. The van der Waals surface area contributed by atoms with E-state index in [1.807, 2.05) is 18.2 Å². The summed E-state index contributed by atoms with van der Waals surface area (Å²) in [5.74, 6) is 0.745. The highest BCUT2D eigenvalue weighted by molar-refractivity contribution is 9.10. The Morgan fingerprint density at radius 1 is 1.39 bits per heavy atom. The maximum absolute atomic E-state index is 5.54. The van der Waals surface area contributed by atoms with Gasteiger partial charge in [0.25, 0.3) is 0 Å². The van der Waals surface area contributed by atoms with E-state index in [0.29, 0.717) is 6.61 Å². The van der Waals surface area contributed by atoms with E-state index in [9.17, 15) is 0 Å². The van der Waals surface area contributed by atoms with Crippen LogP contribution < -0.4 is 4.74 Å². The van der Waals surface area contributed by atoms with Gasteiger partial charge in [-0.05, 0) is 18.2 Å². The Kier molecular flexibility index (Phi) is 4.25. The molecule has 0 bridgehead atoms. The molecule has 1 aromatic heterocycles. The molecule has 2 rings (SSSR count). The van der Waals surface area contributed by atoms with Crippen LogP contribution in [0.2, 0.25) is 0 Å². The lowest BCUT2D eigenvalue weighted by Gasteiger charge is -2.07.